The second kappa shape index (κ2) is 10.2. The summed E-state index contributed by atoms with van der Waals surface area (Å²) in [5.74, 6) is -0.0747. The van der Waals surface area contributed by atoms with E-state index in [1.807, 2.05) is 31.2 Å². The predicted octanol–water partition coefficient (Wildman–Crippen LogP) is 3.04. The smallest absolute Gasteiger partial charge is 0.248 e. The van der Waals surface area contributed by atoms with Crippen molar-refractivity contribution in [3.05, 3.63) is 48.3 Å². The van der Waals surface area contributed by atoms with Crippen molar-refractivity contribution in [1.82, 2.24) is 15.1 Å². The molecule has 2 N–H and O–H groups in total. The molecule has 1 atom stereocenters. The van der Waals surface area contributed by atoms with E-state index in [0.29, 0.717) is 0 Å². The Morgan fingerprint density at radius 1 is 1.32 bits per heavy atom. The van der Waals surface area contributed by atoms with Gasteiger partial charge in [-0.2, -0.15) is 5.10 Å². The number of halogens is 2. The second-order valence-electron chi connectivity index (χ2n) is 4.63. The largest absolute Gasteiger partial charge is 0.324 e. The molecule has 2 rings (SSSR count). The van der Waals surface area contributed by atoms with Gasteiger partial charge < -0.3 is 10.6 Å². The minimum absolute atomic E-state index is 0. The van der Waals surface area contributed by atoms with Gasteiger partial charge in [0.25, 0.3) is 0 Å². The van der Waals surface area contributed by atoms with Gasteiger partial charge in [-0.1, -0.05) is 19.1 Å². The molecule has 0 fully saturated rings. The molecule has 5 nitrogen and oxygen atoms in total. The second-order valence-corrected chi connectivity index (χ2v) is 4.63. The molecule has 1 unspecified atom stereocenters. The maximum atomic E-state index is 12.1. The van der Waals surface area contributed by atoms with Crippen LogP contribution in [-0.4, -0.2) is 22.2 Å². The zero-order valence-electron chi connectivity index (χ0n) is 12.7. The third-order valence-electron chi connectivity index (χ3n) is 3.07. The molecular weight excluding hydrogens is 323 g/mol. The van der Waals surface area contributed by atoms with Crippen molar-refractivity contribution >= 4 is 36.4 Å². The lowest BCUT2D eigenvalue weighted by atomic mass is 10.2. The summed E-state index contributed by atoms with van der Waals surface area (Å²) in [6.07, 6.45) is 3.45. The molecule has 0 bridgehead atoms. The molecule has 122 valence electrons. The van der Waals surface area contributed by atoms with Crippen molar-refractivity contribution in [3.8, 4) is 0 Å². The standard InChI is InChI=1S/C15H20N4O.2ClH/c1-3-16-11-13-6-4-7-14(10-13)18-15(20)12(2)19-9-5-8-17-19;;/h4-10,12,16H,3,11H2,1-2H3,(H,18,20);2*1H. The highest BCUT2D eigenvalue weighted by molar-refractivity contribution is 5.93. The lowest BCUT2D eigenvalue weighted by Crippen LogP contribution is -2.24. The number of benzene rings is 1. The first-order chi connectivity index (χ1) is 9.70. The van der Waals surface area contributed by atoms with E-state index in [0.717, 1.165) is 24.3 Å². The Balaban J connectivity index is 0.00000220. The van der Waals surface area contributed by atoms with Crippen LogP contribution in [0.1, 0.15) is 25.5 Å². The van der Waals surface area contributed by atoms with Crippen molar-refractivity contribution in [2.75, 3.05) is 11.9 Å². The van der Waals surface area contributed by atoms with Crippen LogP contribution in [0.25, 0.3) is 0 Å². The van der Waals surface area contributed by atoms with Crippen LogP contribution < -0.4 is 10.6 Å². The summed E-state index contributed by atoms with van der Waals surface area (Å²) in [5.41, 5.74) is 1.96. The van der Waals surface area contributed by atoms with E-state index >= 15 is 0 Å². The molecule has 0 aliphatic carbocycles. The van der Waals surface area contributed by atoms with Crippen LogP contribution in [0.2, 0.25) is 0 Å². The van der Waals surface area contributed by atoms with Crippen LogP contribution in [0.15, 0.2) is 42.7 Å². The zero-order valence-corrected chi connectivity index (χ0v) is 14.3. The van der Waals surface area contributed by atoms with Gasteiger partial charge in [0.1, 0.15) is 6.04 Å². The summed E-state index contributed by atoms with van der Waals surface area (Å²) in [5, 5.41) is 10.3. The maximum Gasteiger partial charge on any atom is 0.248 e. The van der Waals surface area contributed by atoms with Crippen molar-refractivity contribution in [1.29, 1.82) is 0 Å². The average molecular weight is 345 g/mol. The van der Waals surface area contributed by atoms with E-state index in [2.05, 4.69) is 22.7 Å². The Morgan fingerprint density at radius 2 is 2.09 bits per heavy atom. The first-order valence-corrected chi connectivity index (χ1v) is 6.80. The number of carbonyl (C=O) groups is 1. The Hall–Kier alpha value is -1.56. The third kappa shape index (κ3) is 5.67. The summed E-state index contributed by atoms with van der Waals surface area (Å²) in [6, 6.07) is 9.33. The maximum absolute atomic E-state index is 12.1. The minimum Gasteiger partial charge on any atom is -0.324 e. The lowest BCUT2D eigenvalue weighted by molar-refractivity contribution is -0.119. The number of nitrogens with zero attached hydrogens (tertiary/aromatic N) is 2. The fourth-order valence-corrected chi connectivity index (χ4v) is 1.90. The van der Waals surface area contributed by atoms with E-state index in [1.165, 1.54) is 0 Å². The highest BCUT2D eigenvalue weighted by Crippen LogP contribution is 2.13. The monoisotopic (exact) mass is 344 g/mol. The molecule has 1 aromatic heterocycles. The fraction of sp³-hybridized carbons (Fsp3) is 0.333. The van der Waals surface area contributed by atoms with Gasteiger partial charge in [0.2, 0.25) is 5.91 Å². The quantitative estimate of drug-likeness (QED) is 0.846. The number of carbonyl (C=O) groups excluding carboxylic acids is 1. The van der Waals surface area contributed by atoms with Gasteiger partial charge in [0.15, 0.2) is 0 Å². The van der Waals surface area contributed by atoms with Crippen LogP contribution in [0.3, 0.4) is 0 Å². The highest BCUT2D eigenvalue weighted by Gasteiger charge is 2.14. The molecule has 0 spiro atoms. The number of aromatic nitrogens is 2. The molecular formula is C15H22Cl2N4O. The Kier molecular flexibility index (Phi) is 9.49. The van der Waals surface area contributed by atoms with Crippen LogP contribution in [0.4, 0.5) is 5.69 Å². The van der Waals surface area contributed by atoms with Crippen molar-refractivity contribution in [2.24, 2.45) is 0 Å². The summed E-state index contributed by atoms with van der Waals surface area (Å²) >= 11 is 0. The molecule has 0 saturated carbocycles. The normalized spacial score (nSPS) is 11.0. The molecule has 1 aromatic carbocycles. The van der Waals surface area contributed by atoms with Crippen LogP contribution in [0, 0.1) is 0 Å². The topological polar surface area (TPSA) is 58.9 Å². The number of hydrogen-bond acceptors (Lipinski definition) is 3. The predicted molar refractivity (Wildman–Crippen MR) is 93.9 cm³/mol. The van der Waals surface area contributed by atoms with Crippen molar-refractivity contribution < 1.29 is 4.79 Å². The van der Waals surface area contributed by atoms with Gasteiger partial charge in [-0.25, -0.2) is 0 Å². The summed E-state index contributed by atoms with van der Waals surface area (Å²) in [6.45, 7) is 5.62. The number of anilines is 1. The Bertz CT molecular complexity index is 560. The first-order valence-electron chi connectivity index (χ1n) is 6.80. The summed E-state index contributed by atoms with van der Waals surface area (Å²) in [7, 11) is 0. The summed E-state index contributed by atoms with van der Waals surface area (Å²) < 4.78 is 1.64. The van der Waals surface area contributed by atoms with E-state index < -0.39 is 0 Å². The van der Waals surface area contributed by atoms with Crippen LogP contribution in [0.5, 0.6) is 0 Å². The van der Waals surface area contributed by atoms with E-state index in [1.54, 1.807) is 23.1 Å². The molecule has 1 heterocycles. The fourth-order valence-electron chi connectivity index (χ4n) is 1.90. The van der Waals surface area contributed by atoms with Crippen molar-refractivity contribution in [3.63, 3.8) is 0 Å². The van der Waals surface area contributed by atoms with E-state index in [-0.39, 0.29) is 36.8 Å². The van der Waals surface area contributed by atoms with E-state index in [4.69, 9.17) is 0 Å². The third-order valence-corrected chi connectivity index (χ3v) is 3.07. The van der Waals surface area contributed by atoms with Gasteiger partial charge in [0, 0.05) is 24.6 Å². The number of rotatable bonds is 6. The number of hydrogen-bond donors (Lipinski definition) is 2. The zero-order chi connectivity index (χ0) is 14.4. The molecule has 7 heteroatoms. The highest BCUT2D eigenvalue weighted by atomic mass is 35.5. The minimum atomic E-state index is -0.331. The van der Waals surface area contributed by atoms with Gasteiger partial charge in [-0.15, -0.1) is 24.8 Å². The first kappa shape index (κ1) is 20.4. The lowest BCUT2D eigenvalue weighted by Gasteiger charge is -2.13. The average Bonchev–Trinajstić information content (AvgIpc) is 2.98. The van der Waals surface area contributed by atoms with Gasteiger partial charge in [-0.3, -0.25) is 9.48 Å². The molecule has 0 aliphatic rings. The summed E-state index contributed by atoms with van der Waals surface area (Å²) in [4.78, 5) is 12.1. The SMILES string of the molecule is CCNCc1cccc(NC(=O)C(C)n2cccn2)c1.Cl.Cl. The Morgan fingerprint density at radius 3 is 2.73 bits per heavy atom. The molecule has 2 aromatic rings. The Labute approximate surface area is 143 Å². The van der Waals surface area contributed by atoms with Gasteiger partial charge in [-0.05, 0) is 37.2 Å². The van der Waals surface area contributed by atoms with Gasteiger partial charge >= 0.3 is 0 Å². The van der Waals surface area contributed by atoms with Crippen LogP contribution in [-0.2, 0) is 11.3 Å². The molecule has 0 radical (unpaired) electrons. The number of nitrogens with one attached hydrogen (secondary N) is 2. The molecule has 22 heavy (non-hydrogen) atoms. The number of amides is 1. The van der Waals surface area contributed by atoms with Crippen LogP contribution >= 0.6 is 24.8 Å². The van der Waals surface area contributed by atoms with Crippen molar-refractivity contribution in [2.45, 2.75) is 26.4 Å². The van der Waals surface area contributed by atoms with Gasteiger partial charge in [0.05, 0.1) is 0 Å². The van der Waals surface area contributed by atoms with E-state index in [9.17, 15) is 4.79 Å². The molecule has 1 amide bonds. The molecule has 0 saturated heterocycles. The molecule has 0 aliphatic heterocycles.